The highest BCUT2D eigenvalue weighted by molar-refractivity contribution is 6.34. The summed E-state index contributed by atoms with van der Waals surface area (Å²) in [7, 11) is 0. The second-order valence-electron chi connectivity index (χ2n) is 5.93. The van der Waals surface area contributed by atoms with E-state index in [0.717, 1.165) is 43.1 Å². The SMILES string of the molecule is [CH2][C@H]1C[C@H](Oc2cc(Cl)c(CN3CCCC3)cc2Cl)C1. The Morgan fingerprint density at radius 1 is 1.15 bits per heavy atom. The second-order valence-corrected chi connectivity index (χ2v) is 6.75. The lowest BCUT2D eigenvalue weighted by atomic mass is 9.84. The van der Waals surface area contributed by atoms with Crippen molar-refractivity contribution in [1.82, 2.24) is 4.90 Å². The van der Waals surface area contributed by atoms with Crippen molar-refractivity contribution in [3.8, 4) is 5.75 Å². The summed E-state index contributed by atoms with van der Waals surface area (Å²) in [5, 5.41) is 1.41. The molecule has 0 aromatic heterocycles. The Balaban J connectivity index is 1.68. The average Bonchev–Trinajstić information content (AvgIpc) is 2.86. The standard InChI is InChI=1S/C16H20Cl2NO/c1-11-6-13(7-11)20-16-9-14(17)12(8-15(16)18)10-19-4-2-3-5-19/h8-9,11,13H,1-7,10H2/t11-,13-. The van der Waals surface area contributed by atoms with Crippen LogP contribution in [0.4, 0.5) is 0 Å². The molecular formula is C16H20Cl2NO. The molecule has 0 atom stereocenters. The maximum Gasteiger partial charge on any atom is 0.139 e. The van der Waals surface area contributed by atoms with E-state index in [1.807, 2.05) is 12.1 Å². The first-order valence-corrected chi connectivity index (χ1v) is 8.07. The molecule has 1 heterocycles. The summed E-state index contributed by atoms with van der Waals surface area (Å²) in [5.74, 6) is 1.22. The van der Waals surface area contributed by atoms with E-state index in [-0.39, 0.29) is 6.10 Å². The van der Waals surface area contributed by atoms with Gasteiger partial charge in [-0.05, 0) is 63.2 Å². The Morgan fingerprint density at radius 2 is 1.85 bits per heavy atom. The van der Waals surface area contributed by atoms with Gasteiger partial charge in [0.2, 0.25) is 0 Å². The molecule has 2 nitrogen and oxygen atoms in total. The van der Waals surface area contributed by atoms with Crippen LogP contribution >= 0.6 is 23.2 Å². The van der Waals surface area contributed by atoms with E-state index >= 15 is 0 Å². The van der Waals surface area contributed by atoms with Crippen molar-refractivity contribution in [2.75, 3.05) is 13.1 Å². The van der Waals surface area contributed by atoms with Crippen LogP contribution in [0.5, 0.6) is 5.75 Å². The molecular weight excluding hydrogens is 293 g/mol. The Hall–Kier alpha value is -0.440. The highest BCUT2D eigenvalue weighted by atomic mass is 35.5. The number of benzene rings is 1. The van der Waals surface area contributed by atoms with Crippen LogP contribution < -0.4 is 4.74 Å². The van der Waals surface area contributed by atoms with Gasteiger partial charge in [0.1, 0.15) is 5.75 Å². The molecule has 0 N–H and O–H groups in total. The number of hydrogen-bond acceptors (Lipinski definition) is 2. The molecule has 2 fully saturated rings. The van der Waals surface area contributed by atoms with Gasteiger partial charge in [0.05, 0.1) is 11.1 Å². The Morgan fingerprint density at radius 3 is 2.50 bits per heavy atom. The van der Waals surface area contributed by atoms with E-state index in [1.165, 1.54) is 12.8 Å². The number of likely N-dealkylation sites (tertiary alicyclic amines) is 1. The van der Waals surface area contributed by atoms with Crippen molar-refractivity contribution >= 4 is 23.2 Å². The van der Waals surface area contributed by atoms with Crippen LogP contribution in [0.3, 0.4) is 0 Å². The number of ether oxygens (including phenoxy) is 1. The lowest BCUT2D eigenvalue weighted by Gasteiger charge is -2.33. The van der Waals surface area contributed by atoms with Crippen LogP contribution in [0.25, 0.3) is 0 Å². The van der Waals surface area contributed by atoms with Crippen molar-refractivity contribution in [3.63, 3.8) is 0 Å². The first-order chi connectivity index (χ1) is 9.61. The van der Waals surface area contributed by atoms with Gasteiger partial charge in [-0.2, -0.15) is 0 Å². The van der Waals surface area contributed by atoms with Crippen LogP contribution in [0, 0.1) is 12.8 Å². The zero-order chi connectivity index (χ0) is 14.1. The van der Waals surface area contributed by atoms with Gasteiger partial charge in [-0.1, -0.05) is 23.2 Å². The maximum absolute atomic E-state index is 6.38. The fourth-order valence-electron chi connectivity index (χ4n) is 2.91. The van der Waals surface area contributed by atoms with Crippen molar-refractivity contribution in [2.24, 2.45) is 5.92 Å². The fraction of sp³-hybridized carbons (Fsp3) is 0.562. The number of halogens is 2. The minimum Gasteiger partial charge on any atom is -0.489 e. The van der Waals surface area contributed by atoms with Gasteiger partial charge < -0.3 is 4.74 Å². The van der Waals surface area contributed by atoms with Crippen LogP contribution in [0.2, 0.25) is 10.0 Å². The molecule has 2 aliphatic rings. The Kier molecular flexibility index (Phi) is 4.44. The molecule has 20 heavy (non-hydrogen) atoms. The quantitative estimate of drug-likeness (QED) is 0.806. The molecule has 0 amide bonds. The Bertz CT molecular complexity index is 480. The molecule has 1 saturated heterocycles. The molecule has 0 unspecified atom stereocenters. The smallest absolute Gasteiger partial charge is 0.139 e. The molecule has 1 aromatic carbocycles. The lowest BCUT2D eigenvalue weighted by molar-refractivity contribution is 0.0852. The molecule has 1 aliphatic carbocycles. The molecule has 0 spiro atoms. The highest BCUT2D eigenvalue weighted by Crippen LogP contribution is 2.37. The molecule has 3 rings (SSSR count). The minimum atomic E-state index is 0.246. The summed E-state index contributed by atoms with van der Waals surface area (Å²) in [6.45, 7) is 7.18. The van der Waals surface area contributed by atoms with E-state index < -0.39 is 0 Å². The first kappa shape index (κ1) is 14.5. The normalized spacial score (nSPS) is 26.6. The zero-order valence-corrected chi connectivity index (χ0v) is 13.1. The Labute approximate surface area is 131 Å². The lowest BCUT2D eigenvalue weighted by Crippen LogP contribution is -2.32. The third kappa shape index (κ3) is 3.24. The first-order valence-electron chi connectivity index (χ1n) is 7.32. The topological polar surface area (TPSA) is 12.5 Å². The number of rotatable bonds is 4. The molecule has 0 bridgehead atoms. The average molecular weight is 313 g/mol. The largest absolute Gasteiger partial charge is 0.489 e. The van der Waals surface area contributed by atoms with E-state index in [9.17, 15) is 0 Å². The summed E-state index contributed by atoms with van der Waals surface area (Å²) in [5.41, 5.74) is 1.09. The van der Waals surface area contributed by atoms with Crippen molar-refractivity contribution in [2.45, 2.75) is 38.3 Å². The predicted octanol–water partition coefficient (Wildman–Crippen LogP) is 4.58. The summed E-state index contributed by atoms with van der Waals surface area (Å²) >= 11 is 12.7. The van der Waals surface area contributed by atoms with Crippen LogP contribution in [-0.4, -0.2) is 24.1 Å². The van der Waals surface area contributed by atoms with Gasteiger partial charge in [0.15, 0.2) is 0 Å². The molecule has 4 heteroatoms. The van der Waals surface area contributed by atoms with Crippen LogP contribution in [0.15, 0.2) is 12.1 Å². The van der Waals surface area contributed by atoms with E-state index in [1.54, 1.807) is 0 Å². The molecule has 1 saturated carbocycles. The summed E-state index contributed by atoms with van der Waals surface area (Å²) in [4.78, 5) is 2.41. The summed E-state index contributed by atoms with van der Waals surface area (Å²) in [6, 6.07) is 3.82. The van der Waals surface area contributed by atoms with Gasteiger partial charge in [0.25, 0.3) is 0 Å². The maximum atomic E-state index is 6.38. The van der Waals surface area contributed by atoms with E-state index in [4.69, 9.17) is 27.9 Å². The predicted molar refractivity (Wildman–Crippen MR) is 83.5 cm³/mol. The molecule has 109 valence electrons. The van der Waals surface area contributed by atoms with Crippen LogP contribution in [-0.2, 0) is 6.54 Å². The van der Waals surface area contributed by atoms with Gasteiger partial charge in [-0.15, -0.1) is 0 Å². The third-order valence-electron chi connectivity index (χ3n) is 4.18. The van der Waals surface area contributed by atoms with E-state index in [2.05, 4.69) is 11.8 Å². The van der Waals surface area contributed by atoms with Crippen molar-refractivity contribution in [1.29, 1.82) is 0 Å². The van der Waals surface area contributed by atoms with Crippen molar-refractivity contribution < 1.29 is 4.74 Å². The highest BCUT2D eigenvalue weighted by Gasteiger charge is 2.28. The minimum absolute atomic E-state index is 0.246. The second kappa shape index (κ2) is 6.13. The molecule has 1 aliphatic heterocycles. The van der Waals surface area contributed by atoms with Crippen LogP contribution in [0.1, 0.15) is 31.2 Å². The summed E-state index contributed by atoms with van der Waals surface area (Å²) < 4.78 is 5.89. The molecule has 1 radical (unpaired) electrons. The summed E-state index contributed by atoms with van der Waals surface area (Å²) in [6.07, 6.45) is 4.81. The van der Waals surface area contributed by atoms with Gasteiger partial charge in [0, 0.05) is 17.6 Å². The number of hydrogen-bond donors (Lipinski definition) is 0. The van der Waals surface area contributed by atoms with Gasteiger partial charge >= 0.3 is 0 Å². The fourth-order valence-corrected chi connectivity index (χ4v) is 3.36. The van der Waals surface area contributed by atoms with Gasteiger partial charge in [-0.3, -0.25) is 4.90 Å². The third-order valence-corrected chi connectivity index (χ3v) is 4.83. The van der Waals surface area contributed by atoms with Crippen molar-refractivity contribution in [3.05, 3.63) is 34.7 Å². The monoisotopic (exact) mass is 312 g/mol. The number of nitrogens with zero attached hydrogens (tertiary/aromatic N) is 1. The zero-order valence-electron chi connectivity index (χ0n) is 11.6. The molecule has 1 aromatic rings. The van der Waals surface area contributed by atoms with E-state index in [0.29, 0.717) is 16.7 Å². The van der Waals surface area contributed by atoms with Gasteiger partial charge in [-0.25, -0.2) is 0 Å².